The molecule has 2 aromatic rings. The summed E-state index contributed by atoms with van der Waals surface area (Å²) in [6.45, 7) is 0.873. The van der Waals surface area contributed by atoms with Crippen LogP contribution in [-0.2, 0) is 11.8 Å². The Bertz CT molecular complexity index is 748. The number of aromatic nitrogens is 2. The molecule has 1 amide bonds. The van der Waals surface area contributed by atoms with E-state index in [4.69, 9.17) is 11.6 Å². The quantitative estimate of drug-likeness (QED) is 0.904. The Morgan fingerprint density at radius 2 is 2.13 bits per heavy atom. The number of rotatable bonds is 2. The maximum Gasteiger partial charge on any atom is 0.239 e. The summed E-state index contributed by atoms with van der Waals surface area (Å²) in [5.41, 5.74) is 2.74. The Labute approximate surface area is 144 Å². The van der Waals surface area contributed by atoms with Gasteiger partial charge in [-0.15, -0.1) is 0 Å². The van der Waals surface area contributed by atoms with E-state index >= 15 is 0 Å². The fraction of sp³-hybridized carbons (Fsp3) is 0.375. The van der Waals surface area contributed by atoms with Crippen molar-refractivity contribution in [2.24, 2.45) is 7.05 Å². The lowest BCUT2D eigenvalue weighted by Gasteiger charge is -2.31. The van der Waals surface area contributed by atoms with E-state index in [2.05, 4.69) is 15.3 Å². The number of fused-ring (bicyclic) bond motifs is 1. The molecule has 0 spiro atoms. The van der Waals surface area contributed by atoms with E-state index in [1.807, 2.05) is 49.1 Å². The van der Waals surface area contributed by atoms with Crippen molar-refractivity contribution < 1.29 is 4.79 Å². The molecule has 2 saturated heterocycles. The van der Waals surface area contributed by atoms with E-state index in [-0.39, 0.29) is 18.1 Å². The van der Waals surface area contributed by atoms with E-state index in [0.29, 0.717) is 5.15 Å². The van der Waals surface area contributed by atoms with Crippen LogP contribution in [0.25, 0.3) is 11.3 Å². The molecule has 2 aliphatic heterocycles. The van der Waals surface area contributed by atoms with Crippen molar-refractivity contribution in [2.75, 3.05) is 18.1 Å². The molecule has 0 saturated carbocycles. The summed E-state index contributed by atoms with van der Waals surface area (Å²) in [6.07, 6.45) is -0.204. The van der Waals surface area contributed by atoms with E-state index in [9.17, 15) is 4.79 Å². The molecule has 4 rings (SSSR count). The first kappa shape index (κ1) is 15.1. The number of carbonyl (C=O) groups excluding carboxylic acids is 1. The molecule has 2 aliphatic rings. The van der Waals surface area contributed by atoms with Crippen molar-refractivity contribution in [2.45, 2.75) is 12.2 Å². The number of carbonyl (C=O) groups is 1. The molecule has 0 aliphatic carbocycles. The lowest BCUT2D eigenvalue weighted by Crippen LogP contribution is -2.41. The zero-order chi connectivity index (χ0) is 16.0. The largest absolute Gasteiger partial charge is 0.335 e. The van der Waals surface area contributed by atoms with E-state index in [1.165, 1.54) is 0 Å². The number of benzene rings is 1. The van der Waals surface area contributed by atoms with Gasteiger partial charge in [-0.2, -0.15) is 16.9 Å². The maximum absolute atomic E-state index is 12.3. The molecule has 1 aromatic carbocycles. The predicted octanol–water partition coefficient (Wildman–Crippen LogP) is 2.29. The second kappa shape index (κ2) is 5.85. The SMILES string of the molecule is Cn1nc(-c2ccccc2)c(C2NC(=O)C3CSCCN32)c1Cl. The monoisotopic (exact) mass is 348 g/mol. The minimum absolute atomic E-state index is 0.0707. The topological polar surface area (TPSA) is 50.2 Å². The molecule has 0 bridgehead atoms. The smallest absolute Gasteiger partial charge is 0.239 e. The molecule has 2 fully saturated rings. The van der Waals surface area contributed by atoms with Gasteiger partial charge in [0.15, 0.2) is 0 Å². The van der Waals surface area contributed by atoms with Gasteiger partial charge in [-0.25, -0.2) is 0 Å². The summed E-state index contributed by atoms with van der Waals surface area (Å²) in [7, 11) is 1.83. The highest BCUT2D eigenvalue weighted by Gasteiger charge is 2.44. The highest BCUT2D eigenvalue weighted by Crippen LogP contribution is 2.39. The van der Waals surface area contributed by atoms with Gasteiger partial charge in [-0.05, 0) is 0 Å². The molecule has 7 heteroatoms. The maximum atomic E-state index is 12.3. The highest BCUT2D eigenvalue weighted by atomic mass is 35.5. The summed E-state index contributed by atoms with van der Waals surface area (Å²) in [5.74, 6) is 1.95. The van der Waals surface area contributed by atoms with Crippen LogP contribution < -0.4 is 5.32 Å². The lowest BCUT2D eigenvalue weighted by atomic mass is 10.1. The van der Waals surface area contributed by atoms with Gasteiger partial charge in [0.25, 0.3) is 0 Å². The molecule has 1 aromatic heterocycles. The minimum atomic E-state index is -0.204. The van der Waals surface area contributed by atoms with Crippen LogP contribution >= 0.6 is 23.4 Å². The van der Waals surface area contributed by atoms with Crippen molar-refractivity contribution in [1.29, 1.82) is 0 Å². The third kappa shape index (κ3) is 2.45. The first-order chi connectivity index (χ1) is 11.2. The molecule has 3 heterocycles. The van der Waals surface area contributed by atoms with Crippen molar-refractivity contribution in [1.82, 2.24) is 20.0 Å². The number of aryl methyl sites for hydroxylation is 1. The molecule has 0 radical (unpaired) electrons. The first-order valence-electron chi connectivity index (χ1n) is 7.58. The van der Waals surface area contributed by atoms with Crippen LogP contribution in [-0.4, -0.2) is 44.7 Å². The molecule has 1 N–H and O–H groups in total. The van der Waals surface area contributed by atoms with Crippen LogP contribution in [0.15, 0.2) is 30.3 Å². The van der Waals surface area contributed by atoms with Gasteiger partial charge in [0, 0.05) is 30.7 Å². The fourth-order valence-corrected chi connectivity index (χ4v) is 4.58. The Morgan fingerprint density at radius 1 is 1.35 bits per heavy atom. The lowest BCUT2D eigenvalue weighted by molar-refractivity contribution is -0.121. The zero-order valence-electron chi connectivity index (χ0n) is 12.7. The summed E-state index contributed by atoms with van der Waals surface area (Å²) < 4.78 is 1.68. The van der Waals surface area contributed by atoms with Crippen LogP contribution in [0, 0.1) is 0 Å². The van der Waals surface area contributed by atoms with Crippen LogP contribution in [0.2, 0.25) is 5.15 Å². The molecule has 23 heavy (non-hydrogen) atoms. The van der Waals surface area contributed by atoms with Crippen LogP contribution in [0.1, 0.15) is 11.7 Å². The second-order valence-electron chi connectivity index (χ2n) is 5.78. The van der Waals surface area contributed by atoms with Gasteiger partial charge in [-0.3, -0.25) is 14.4 Å². The van der Waals surface area contributed by atoms with E-state index in [0.717, 1.165) is 34.9 Å². The van der Waals surface area contributed by atoms with Crippen molar-refractivity contribution in [3.8, 4) is 11.3 Å². The Balaban J connectivity index is 1.81. The number of thioether (sulfide) groups is 1. The number of hydrogen-bond donors (Lipinski definition) is 1. The third-order valence-electron chi connectivity index (χ3n) is 4.42. The molecule has 2 atom stereocenters. The highest BCUT2D eigenvalue weighted by molar-refractivity contribution is 7.99. The fourth-order valence-electron chi connectivity index (χ4n) is 3.28. The normalized spacial score (nSPS) is 24.5. The Morgan fingerprint density at radius 3 is 2.91 bits per heavy atom. The van der Waals surface area contributed by atoms with Crippen molar-refractivity contribution in [3.05, 3.63) is 41.0 Å². The molecule has 120 valence electrons. The summed E-state index contributed by atoms with van der Waals surface area (Å²) in [5, 5.41) is 8.28. The number of nitrogens with one attached hydrogen (secondary N) is 1. The van der Waals surface area contributed by atoms with E-state index < -0.39 is 0 Å². The van der Waals surface area contributed by atoms with Gasteiger partial charge < -0.3 is 5.32 Å². The molecular weight excluding hydrogens is 332 g/mol. The summed E-state index contributed by atoms with van der Waals surface area (Å²) >= 11 is 8.37. The first-order valence-corrected chi connectivity index (χ1v) is 9.12. The van der Waals surface area contributed by atoms with Gasteiger partial charge in [0.05, 0.1) is 5.56 Å². The van der Waals surface area contributed by atoms with Gasteiger partial charge in [0.2, 0.25) is 5.91 Å². The minimum Gasteiger partial charge on any atom is -0.335 e. The van der Waals surface area contributed by atoms with Gasteiger partial charge >= 0.3 is 0 Å². The average molecular weight is 349 g/mol. The van der Waals surface area contributed by atoms with Crippen molar-refractivity contribution in [3.63, 3.8) is 0 Å². The van der Waals surface area contributed by atoms with Gasteiger partial charge in [0.1, 0.15) is 23.1 Å². The van der Waals surface area contributed by atoms with Gasteiger partial charge in [-0.1, -0.05) is 41.9 Å². The summed E-state index contributed by atoms with van der Waals surface area (Å²) in [6, 6.07) is 9.90. The number of halogens is 1. The number of hydrogen-bond acceptors (Lipinski definition) is 4. The van der Waals surface area contributed by atoms with Crippen LogP contribution in [0.3, 0.4) is 0 Å². The summed E-state index contributed by atoms with van der Waals surface area (Å²) in [4.78, 5) is 14.5. The average Bonchev–Trinajstić information content (AvgIpc) is 3.06. The Kier molecular flexibility index (Phi) is 3.83. The van der Waals surface area contributed by atoms with Crippen LogP contribution in [0.4, 0.5) is 0 Å². The van der Waals surface area contributed by atoms with Crippen LogP contribution in [0.5, 0.6) is 0 Å². The van der Waals surface area contributed by atoms with E-state index in [1.54, 1.807) is 4.68 Å². The second-order valence-corrected chi connectivity index (χ2v) is 7.29. The number of nitrogens with zero attached hydrogens (tertiary/aromatic N) is 3. The molecule has 2 unspecified atom stereocenters. The molecular formula is C16H17ClN4OS. The zero-order valence-corrected chi connectivity index (χ0v) is 14.3. The third-order valence-corrected chi connectivity index (χ3v) is 5.89. The standard InChI is InChI=1S/C16H17ClN4OS/c1-20-14(17)12(13(19-20)10-5-3-2-4-6-10)15-18-16(22)11-9-23-8-7-21(11)15/h2-6,11,15H,7-9H2,1H3,(H,18,22). The molecule has 5 nitrogen and oxygen atoms in total. The number of amides is 1. The predicted molar refractivity (Wildman–Crippen MR) is 92.4 cm³/mol. The Hall–Kier alpha value is -1.50. The van der Waals surface area contributed by atoms with Crippen molar-refractivity contribution >= 4 is 29.3 Å².